The third kappa shape index (κ3) is 7.17. The van der Waals surface area contributed by atoms with E-state index < -0.39 is 16.7 Å². The van der Waals surface area contributed by atoms with E-state index in [0.29, 0.717) is 40.3 Å². The molecule has 0 saturated carbocycles. The van der Waals surface area contributed by atoms with Crippen LogP contribution in [-0.4, -0.2) is 14.2 Å². The average Bonchev–Trinajstić information content (AvgIpc) is 3.05. The zero-order valence-electron chi connectivity index (χ0n) is 29.3. The molecule has 3 aromatic rings. The number of halogens is 1. The second-order valence-electron chi connectivity index (χ2n) is 14.3. The predicted octanol–water partition coefficient (Wildman–Crippen LogP) is 9.27. The van der Waals surface area contributed by atoms with Crippen molar-refractivity contribution in [2.75, 3.05) is 0 Å². The van der Waals surface area contributed by atoms with E-state index in [0.717, 1.165) is 63.4 Å². The van der Waals surface area contributed by atoms with Crippen LogP contribution in [0.15, 0.2) is 55.8 Å². The van der Waals surface area contributed by atoms with Crippen molar-refractivity contribution >= 4 is 38.8 Å². The molecule has 0 radical (unpaired) electrons. The van der Waals surface area contributed by atoms with Crippen LogP contribution >= 0.6 is 11.6 Å². The van der Waals surface area contributed by atoms with Gasteiger partial charge in [0.2, 0.25) is 5.88 Å². The number of benzene rings is 3. The van der Waals surface area contributed by atoms with Crippen molar-refractivity contribution in [3.05, 3.63) is 83.4 Å². The Morgan fingerprint density at radius 3 is 1.81 bits per heavy atom. The van der Waals surface area contributed by atoms with Crippen molar-refractivity contribution in [1.29, 1.82) is 0 Å². The quantitative estimate of drug-likeness (QED) is 0.0887. The molecule has 0 bridgehead atoms. The van der Waals surface area contributed by atoms with Gasteiger partial charge < -0.3 is 5.11 Å². The Bertz CT molecular complexity index is 2070. The Morgan fingerprint density at radius 1 is 0.688 bits per heavy atom. The molecule has 1 aromatic heterocycles. The molecule has 0 unspecified atom stereocenters. The van der Waals surface area contributed by atoms with Gasteiger partial charge in [-0.1, -0.05) is 123 Å². The van der Waals surface area contributed by atoms with Crippen LogP contribution in [0, 0.1) is 0 Å². The highest BCUT2D eigenvalue weighted by molar-refractivity contribution is 6.37. The van der Waals surface area contributed by atoms with Gasteiger partial charge in [0.25, 0.3) is 16.7 Å². The number of hydrogen-bond acceptors (Lipinski definition) is 5. The summed E-state index contributed by atoms with van der Waals surface area (Å²) in [4.78, 5) is 47.3. The normalized spacial score (nSPS) is 12.8. The molecule has 7 nitrogen and oxygen atoms in total. The molecule has 2 heterocycles. The van der Waals surface area contributed by atoms with Gasteiger partial charge in [-0.05, 0) is 48.1 Å². The van der Waals surface area contributed by atoms with Crippen molar-refractivity contribution in [2.45, 2.75) is 130 Å². The second kappa shape index (κ2) is 15.2. The lowest BCUT2D eigenvalue weighted by atomic mass is 9.87. The first-order valence-electron chi connectivity index (χ1n) is 17.9. The summed E-state index contributed by atoms with van der Waals surface area (Å²) in [6.07, 6.45) is 12.3. The summed E-state index contributed by atoms with van der Waals surface area (Å²) in [6.45, 7) is 11.4. The fraction of sp³-hybridized carbons (Fsp3) is 0.500. The molecular weight excluding hydrogens is 622 g/mol. The van der Waals surface area contributed by atoms with E-state index in [9.17, 15) is 19.5 Å². The van der Waals surface area contributed by atoms with Gasteiger partial charge in [0, 0.05) is 29.4 Å². The fourth-order valence-corrected chi connectivity index (χ4v) is 7.17. The summed E-state index contributed by atoms with van der Waals surface area (Å²) in [5, 5.41) is 13.2. The molecule has 0 spiro atoms. The van der Waals surface area contributed by atoms with Crippen LogP contribution in [0.2, 0.25) is 5.02 Å². The molecule has 2 aromatic carbocycles. The van der Waals surface area contributed by atoms with Crippen molar-refractivity contribution in [2.24, 2.45) is 4.99 Å². The Hall–Kier alpha value is -3.71. The average molecular weight is 672 g/mol. The second-order valence-corrected chi connectivity index (χ2v) is 14.7. The first kappa shape index (κ1) is 35.6. The summed E-state index contributed by atoms with van der Waals surface area (Å²) in [7, 11) is 0. The number of rotatable bonds is 15. The lowest BCUT2D eigenvalue weighted by Gasteiger charge is -2.20. The SMILES string of the molecule is CCCCCCCCn1c(O)c2cc(Cl)c3c4c2c(c(=Nc2ccc(C(C)(C)C)cc2)cc-4c(=O)n(CCCCCCCC)c3=O)c1=O. The first-order chi connectivity index (χ1) is 23.0. The zero-order valence-corrected chi connectivity index (χ0v) is 30.0. The number of pyridine rings is 2. The number of aromatic hydroxyl groups is 1. The highest BCUT2D eigenvalue weighted by Gasteiger charge is 2.28. The Balaban J connectivity index is 1.75. The van der Waals surface area contributed by atoms with Crippen molar-refractivity contribution in [3.63, 3.8) is 0 Å². The molecule has 5 rings (SSSR count). The lowest BCUT2D eigenvalue weighted by molar-refractivity contribution is 0.406. The minimum atomic E-state index is -0.465. The first-order valence-corrected chi connectivity index (χ1v) is 18.3. The van der Waals surface area contributed by atoms with Gasteiger partial charge >= 0.3 is 0 Å². The van der Waals surface area contributed by atoms with Gasteiger partial charge in [-0.2, -0.15) is 0 Å². The summed E-state index contributed by atoms with van der Waals surface area (Å²) in [5.74, 6) is -0.207. The maximum absolute atomic E-state index is 14.3. The molecule has 1 aliphatic carbocycles. The maximum atomic E-state index is 14.3. The van der Waals surface area contributed by atoms with E-state index in [1.165, 1.54) is 22.0 Å². The van der Waals surface area contributed by atoms with Crippen molar-refractivity contribution in [1.82, 2.24) is 9.13 Å². The van der Waals surface area contributed by atoms with Crippen LogP contribution in [0.25, 0.3) is 32.7 Å². The summed E-state index contributed by atoms with van der Waals surface area (Å²) in [6, 6.07) is 11.1. The Labute approximate surface area is 288 Å². The van der Waals surface area contributed by atoms with Crippen LogP contribution in [-0.2, 0) is 18.5 Å². The van der Waals surface area contributed by atoms with Gasteiger partial charge in [-0.15, -0.1) is 0 Å². The van der Waals surface area contributed by atoms with Gasteiger partial charge in [0.1, 0.15) is 0 Å². The van der Waals surface area contributed by atoms with Gasteiger partial charge in [0.15, 0.2) is 0 Å². The van der Waals surface area contributed by atoms with Crippen LogP contribution in [0.1, 0.15) is 117 Å². The molecule has 1 N–H and O–H groups in total. The summed E-state index contributed by atoms with van der Waals surface area (Å²) in [5.41, 5.74) is 1.05. The molecule has 1 aliphatic heterocycles. The molecule has 48 heavy (non-hydrogen) atoms. The van der Waals surface area contributed by atoms with E-state index in [1.807, 2.05) is 24.3 Å². The minimum Gasteiger partial charge on any atom is -0.494 e. The Kier molecular flexibility index (Phi) is 11.3. The minimum absolute atomic E-state index is 0.0407. The maximum Gasteiger partial charge on any atom is 0.263 e. The van der Waals surface area contributed by atoms with Crippen LogP contribution in [0.3, 0.4) is 0 Å². The van der Waals surface area contributed by atoms with Gasteiger partial charge in [0.05, 0.1) is 32.4 Å². The molecule has 8 heteroatoms. The van der Waals surface area contributed by atoms with Crippen LogP contribution < -0.4 is 22.0 Å². The molecular formula is C40H50ClN3O4. The number of unbranched alkanes of at least 4 members (excludes halogenated alkanes) is 10. The number of aromatic nitrogens is 2. The largest absolute Gasteiger partial charge is 0.494 e. The van der Waals surface area contributed by atoms with Crippen LogP contribution in [0.4, 0.5) is 5.69 Å². The van der Waals surface area contributed by atoms with Crippen LogP contribution in [0.5, 0.6) is 5.88 Å². The molecule has 2 aliphatic rings. The number of nitrogens with zero attached hydrogens (tertiary/aromatic N) is 3. The van der Waals surface area contributed by atoms with E-state index in [-0.39, 0.29) is 39.2 Å². The lowest BCUT2D eigenvalue weighted by Crippen LogP contribution is -2.37. The highest BCUT2D eigenvalue weighted by Crippen LogP contribution is 2.40. The third-order valence-corrected chi connectivity index (χ3v) is 9.98. The topological polar surface area (TPSA) is 93.7 Å². The van der Waals surface area contributed by atoms with E-state index >= 15 is 0 Å². The summed E-state index contributed by atoms with van der Waals surface area (Å²) >= 11 is 6.83. The molecule has 0 saturated heterocycles. The molecule has 0 atom stereocenters. The van der Waals surface area contributed by atoms with Gasteiger partial charge in [-0.3, -0.25) is 23.5 Å². The standard InChI is InChI=1S/C40H50ClN3O4/c1-6-8-10-12-14-16-22-43-37(46)29-25-31(42-27-20-18-26(19-21-27)40(3,4)5)35-33-28(24-30(41)34(32(29)33)38(43)47)36(45)44(39(35)48)23-17-15-13-11-9-7-2/h18-21,24-25,45H,6-17,22-23H2,1-5H3. The number of hydrogen-bond donors (Lipinski definition) is 1. The van der Waals surface area contributed by atoms with E-state index in [1.54, 1.807) is 12.1 Å². The monoisotopic (exact) mass is 671 g/mol. The molecule has 0 fully saturated rings. The Morgan fingerprint density at radius 2 is 1.23 bits per heavy atom. The third-order valence-electron chi connectivity index (χ3n) is 9.68. The molecule has 256 valence electrons. The fourth-order valence-electron chi connectivity index (χ4n) is 6.88. The predicted molar refractivity (Wildman–Crippen MR) is 199 cm³/mol. The van der Waals surface area contributed by atoms with Gasteiger partial charge in [-0.25, -0.2) is 4.99 Å². The highest BCUT2D eigenvalue weighted by atomic mass is 35.5. The zero-order chi connectivity index (χ0) is 34.6. The van der Waals surface area contributed by atoms with Crippen molar-refractivity contribution in [3.8, 4) is 17.0 Å². The molecule has 0 amide bonds. The smallest absolute Gasteiger partial charge is 0.263 e. The van der Waals surface area contributed by atoms with Crippen molar-refractivity contribution < 1.29 is 5.11 Å². The van der Waals surface area contributed by atoms with E-state index in [2.05, 4.69) is 34.6 Å². The van der Waals surface area contributed by atoms with E-state index in [4.69, 9.17) is 16.6 Å². The summed E-state index contributed by atoms with van der Waals surface area (Å²) < 4.78 is 2.68.